The second kappa shape index (κ2) is 6.62. The van der Waals surface area contributed by atoms with Gasteiger partial charge in [0.25, 0.3) is 0 Å². The highest BCUT2D eigenvalue weighted by Gasteiger charge is 2.23. The average molecular weight is 282 g/mol. The van der Waals surface area contributed by atoms with E-state index in [4.69, 9.17) is 11.6 Å². The Bertz CT molecular complexity index is 413. The normalized spacial score (nSPS) is 23.8. The van der Waals surface area contributed by atoms with Gasteiger partial charge >= 0.3 is 0 Å². The molecule has 0 bridgehead atoms. The molecule has 1 aromatic carbocycles. The fraction of sp³-hybridized carbons (Fsp3) is 0.625. The first kappa shape index (κ1) is 14.7. The van der Waals surface area contributed by atoms with Crippen LogP contribution in [0, 0.1) is 5.92 Å². The molecule has 106 valence electrons. The van der Waals surface area contributed by atoms with Crippen LogP contribution in [-0.2, 0) is 6.54 Å². The van der Waals surface area contributed by atoms with Gasteiger partial charge in [0, 0.05) is 18.2 Å². The van der Waals surface area contributed by atoms with E-state index >= 15 is 0 Å². The lowest BCUT2D eigenvalue weighted by Gasteiger charge is -2.34. The van der Waals surface area contributed by atoms with Crippen LogP contribution in [0.1, 0.15) is 44.6 Å². The number of halogens is 1. The maximum atomic E-state index is 9.97. The number of para-hydroxylation sites is 1. The van der Waals surface area contributed by atoms with E-state index in [0.29, 0.717) is 11.1 Å². The van der Waals surface area contributed by atoms with Crippen LogP contribution in [0.4, 0.5) is 0 Å². The predicted molar refractivity (Wildman–Crippen MR) is 80.6 cm³/mol. The Balaban J connectivity index is 1.94. The Kier molecular flexibility index (Phi) is 5.12. The van der Waals surface area contributed by atoms with Crippen LogP contribution in [0.3, 0.4) is 0 Å². The van der Waals surface area contributed by atoms with Gasteiger partial charge in [-0.15, -0.1) is 0 Å². The second-order valence-corrected chi connectivity index (χ2v) is 6.15. The maximum absolute atomic E-state index is 9.97. The van der Waals surface area contributed by atoms with Crippen molar-refractivity contribution in [3.8, 4) is 5.75 Å². The van der Waals surface area contributed by atoms with Crippen LogP contribution in [0.25, 0.3) is 0 Å². The Morgan fingerprint density at radius 1 is 1.26 bits per heavy atom. The molecule has 1 N–H and O–H groups in total. The Morgan fingerprint density at radius 3 is 2.58 bits per heavy atom. The fourth-order valence-electron chi connectivity index (χ4n) is 3.08. The summed E-state index contributed by atoms with van der Waals surface area (Å²) in [6, 6.07) is 6.22. The SMILES string of the molecule is CCC1CCC(N(C)Cc2cccc(Cl)c2O)CC1. The van der Waals surface area contributed by atoms with Gasteiger partial charge in [-0.1, -0.05) is 37.1 Å². The fourth-order valence-corrected chi connectivity index (χ4v) is 3.27. The van der Waals surface area contributed by atoms with Crippen molar-refractivity contribution in [2.24, 2.45) is 5.92 Å². The topological polar surface area (TPSA) is 23.5 Å². The largest absolute Gasteiger partial charge is 0.506 e. The van der Waals surface area contributed by atoms with Crippen molar-refractivity contribution >= 4 is 11.6 Å². The zero-order valence-electron chi connectivity index (χ0n) is 11.9. The minimum Gasteiger partial charge on any atom is -0.506 e. The number of phenols is 1. The summed E-state index contributed by atoms with van der Waals surface area (Å²) in [5, 5.41) is 10.4. The monoisotopic (exact) mass is 281 g/mol. The number of hydrogen-bond donors (Lipinski definition) is 1. The van der Waals surface area contributed by atoms with Gasteiger partial charge in [-0.05, 0) is 44.7 Å². The highest BCUT2D eigenvalue weighted by Crippen LogP contribution is 2.32. The first-order valence-electron chi connectivity index (χ1n) is 7.28. The van der Waals surface area contributed by atoms with Gasteiger partial charge in [-0.3, -0.25) is 4.90 Å². The highest BCUT2D eigenvalue weighted by molar-refractivity contribution is 6.32. The van der Waals surface area contributed by atoms with Crippen molar-refractivity contribution in [1.82, 2.24) is 4.90 Å². The van der Waals surface area contributed by atoms with Crippen LogP contribution in [-0.4, -0.2) is 23.1 Å². The van der Waals surface area contributed by atoms with Gasteiger partial charge in [-0.25, -0.2) is 0 Å². The van der Waals surface area contributed by atoms with Crippen LogP contribution in [0.2, 0.25) is 5.02 Å². The highest BCUT2D eigenvalue weighted by atomic mass is 35.5. The maximum Gasteiger partial charge on any atom is 0.138 e. The van der Waals surface area contributed by atoms with Crippen LogP contribution < -0.4 is 0 Å². The third kappa shape index (κ3) is 3.64. The number of nitrogens with zero attached hydrogens (tertiary/aromatic N) is 1. The number of hydrogen-bond acceptors (Lipinski definition) is 2. The molecule has 0 aromatic heterocycles. The van der Waals surface area contributed by atoms with Crippen LogP contribution in [0.15, 0.2) is 18.2 Å². The first-order chi connectivity index (χ1) is 9.11. The van der Waals surface area contributed by atoms with Crippen LogP contribution >= 0.6 is 11.6 Å². The average Bonchev–Trinajstić information content (AvgIpc) is 2.44. The van der Waals surface area contributed by atoms with E-state index in [-0.39, 0.29) is 5.75 Å². The zero-order chi connectivity index (χ0) is 13.8. The van der Waals surface area contributed by atoms with Gasteiger partial charge in [-0.2, -0.15) is 0 Å². The molecule has 0 heterocycles. The van der Waals surface area contributed by atoms with E-state index in [0.717, 1.165) is 18.0 Å². The van der Waals surface area contributed by atoms with Crippen molar-refractivity contribution in [2.45, 2.75) is 51.6 Å². The third-order valence-corrected chi connectivity index (χ3v) is 4.81. The minimum absolute atomic E-state index is 0.235. The second-order valence-electron chi connectivity index (χ2n) is 5.75. The summed E-state index contributed by atoms with van der Waals surface area (Å²) in [6.07, 6.45) is 6.54. The molecule has 3 heteroatoms. The molecule has 0 amide bonds. The number of rotatable bonds is 4. The molecule has 1 aromatic rings. The van der Waals surface area contributed by atoms with E-state index in [1.165, 1.54) is 32.1 Å². The van der Waals surface area contributed by atoms with Crippen molar-refractivity contribution in [3.05, 3.63) is 28.8 Å². The molecule has 0 atom stereocenters. The lowest BCUT2D eigenvalue weighted by molar-refractivity contribution is 0.156. The quantitative estimate of drug-likeness (QED) is 0.881. The molecule has 2 rings (SSSR count). The van der Waals surface area contributed by atoms with Crippen LogP contribution in [0.5, 0.6) is 5.75 Å². The molecule has 0 radical (unpaired) electrons. The van der Waals surface area contributed by atoms with Crippen molar-refractivity contribution in [2.75, 3.05) is 7.05 Å². The van der Waals surface area contributed by atoms with Crippen molar-refractivity contribution < 1.29 is 5.11 Å². The number of benzene rings is 1. The predicted octanol–water partition coefficient (Wildman–Crippen LogP) is 4.45. The molecule has 1 aliphatic rings. The molecule has 0 aliphatic heterocycles. The van der Waals surface area contributed by atoms with Crippen molar-refractivity contribution in [1.29, 1.82) is 0 Å². The third-order valence-electron chi connectivity index (χ3n) is 4.51. The number of aromatic hydroxyl groups is 1. The Labute approximate surface area is 121 Å². The minimum atomic E-state index is 0.235. The molecular formula is C16H24ClNO. The molecule has 1 fully saturated rings. The van der Waals surface area contributed by atoms with Gasteiger partial charge in [0.1, 0.15) is 5.75 Å². The molecule has 0 unspecified atom stereocenters. The van der Waals surface area contributed by atoms with E-state index < -0.39 is 0 Å². The number of phenolic OH excluding ortho intramolecular Hbond substituents is 1. The van der Waals surface area contributed by atoms with Gasteiger partial charge in [0.15, 0.2) is 0 Å². The van der Waals surface area contributed by atoms with Crippen molar-refractivity contribution in [3.63, 3.8) is 0 Å². The summed E-state index contributed by atoms with van der Waals surface area (Å²) in [4.78, 5) is 2.36. The summed E-state index contributed by atoms with van der Waals surface area (Å²) >= 11 is 5.95. The van der Waals surface area contributed by atoms with E-state index in [2.05, 4.69) is 18.9 Å². The molecule has 1 saturated carbocycles. The summed E-state index contributed by atoms with van der Waals surface area (Å²) in [5.74, 6) is 1.16. The van der Waals surface area contributed by atoms with E-state index in [9.17, 15) is 5.11 Å². The molecule has 0 saturated heterocycles. The lowest BCUT2D eigenvalue weighted by Crippen LogP contribution is -2.34. The first-order valence-corrected chi connectivity index (χ1v) is 7.66. The molecule has 0 spiro atoms. The van der Waals surface area contributed by atoms with Gasteiger partial charge < -0.3 is 5.11 Å². The summed E-state index contributed by atoms with van der Waals surface area (Å²) in [6.45, 7) is 3.06. The molecule has 1 aliphatic carbocycles. The van der Waals surface area contributed by atoms with Gasteiger partial charge in [0.05, 0.1) is 5.02 Å². The Morgan fingerprint density at radius 2 is 1.95 bits per heavy atom. The lowest BCUT2D eigenvalue weighted by atomic mass is 9.84. The smallest absolute Gasteiger partial charge is 0.138 e. The Hall–Kier alpha value is -0.730. The summed E-state index contributed by atoms with van der Waals surface area (Å²) < 4.78 is 0. The standard InChI is InChI=1S/C16H24ClNO/c1-3-12-7-9-14(10-8-12)18(2)11-13-5-4-6-15(17)16(13)19/h4-6,12,14,19H,3,7-11H2,1-2H3. The van der Waals surface area contributed by atoms with E-state index in [1.807, 2.05) is 12.1 Å². The summed E-state index contributed by atoms with van der Waals surface area (Å²) in [7, 11) is 2.15. The summed E-state index contributed by atoms with van der Waals surface area (Å²) in [5.41, 5.74) is 0.924. The van der Waals surface area contributed by atoms with E-state index in [1.54, 1.807) is 6.07 Å². The molecular weight excluding hydrogens is 258 g/mol. The molecule has 2 nitrogen and oxygen atoms in total. The van der Waals surface area contributed by atoms with Gasteiger partial charge in [0.2, 0.25) is 0 Å². The zero-order valence-corrected chi connectivity index (χ0v) is 12.7. The molecule has 19 heavy (non-hydrogen) atoms.